The fourth-order valence-corrected chi connectivity index (χ4v) is 5.11. The normalized spacial score (nSPS) is 27.3. The summed E-state index contributed by atoms with van der Waals surface area (Å²) >= 11 is 2.08. The first-order valence-electron chi connectivity index (χ1n) is 3.09. The van der Waals surface area contributed by atoms with Gasteiger partial charge in [-0.3, -0.25) is 0 Å². The lowest BCUT2D eigenvalue weighted by molar-refractivity contribution is 0.825. The van der Waals surface area contributed by atoms with Crippen molar-refractivity contribution in [3.63, 3.8) is 0 Å². The van der Waals surface area contributed by atoms with Crippen LogP contribution in [0.4, 0.5) is 0 Å². The van der Waals surface area contributed by atoms with Gasteiger partial charge in [0.25, 0.3) is 0 Å². The molecule has 0 aromatic heterocycles. The Labute approximate surface area is 69.3 Å². The van der Waals surface area contributed by atoms with Gasteiger partial charge in [-0.2, -0.15) is 11.8 Å². The lowest BCUT2D eigenvalue weighted by Crippen LogP contribution is -2.15. The fraction of sp³-hybridized carbons (Fsp3) is 1.00. The molecule has 0 aromatic carbocycles. The standard InChI is InChI=1S/C6H12S3/c1-6(2)5-7-3-4-8-9-6/h3-5H2,1-2H3. The third kappa shape index (κ3) is 3.10. The van der Waals surface area contributed by atoms with Crippen molar-refractivity contribution in [1.29, 1.82) is 0 Å². The number of thioether (sulfide) groups is 1. The second-order valence-electron chi connectivity index (χ2n) is 2.72. The summed E-state index contributed by atoms with van der Waals surface area (Å²) < 4.78 is 0.506. The molecule has 1 aliphatic rings. The average molecular weight is 180 g/mol. The van der Waals surface area contributed by atoms with Crippen LogP contribution in [0, 0.1) is 0 Å². The van der Waals surface area contributed by atoms with E-state index >= 15 is 0 Å². The zero-order valence-corrected chi connectivity index (χ0v) is 8.30. The maximum Gasteiger partial charge on any atom is 0.0297 e. The van der Waals surface area contributed by atoms with Crippen molar-refractivity contribution in [2.24, 2.45) is 0 Å². The molecule has 1 fully saturated rings. The summed E-state index contributed by atoms with van der Waals surface area (Å²) in [5.41, 5.74) is 0. The van der Waals surface area contributed by atoms with E-state index in [0.717, 1.165) is 0 Å². The summed E-state index contributed by atoms with van der Waals surface area (Å²) in [6, 6.07) is 0. The quantitative estimate of drug-likeness (QED) is 0.526. The van der Waals surface area contributed by atoms with E-state index in [4.69, 9.17) is 0 Å². The molecule has 9 heavy (non-hydrogen) atoms. The summed E-state index contributed by atoms with van der Waals surface area (Å²) in [4.78, 5) is 0. The summed E-state index contributed by atoms with van der Waals surface area (Å²) in [6.45, 7) is 4.64. The zero-order chi connectivity index (χ0) is 6.74. The second-order valence-corrected chi connectivity index (χ2v) is 6.95. The Morgan fingerprint density at radius 1 is 1.22 bits per heavy atom. The monoisotopic (exact) mass is 180 g/mol. The molecule has 1 saturated heterocycles. The third-order valence-corrected chi connectivity index (χ3v) is 6.20. The first-order chi connectivity index (χ1) is 4.21. The van der Waals surface area contributed by atoms with Gasteiger partial charge in [-0.05, 0) is 13.8 Å². The van der Waals surface area contributed by atoms with E-state index < -0.39 is 0 Å². The van der Waals surface area contributed by atoms with Crippen molar-refractivity contribution < 1.29 is 0 Å². The molecule has 1 aliphatic heterocycles. The van der Waals surface area contributed by atoms with Gasteiger partial charge in [-0.1, -0.05) is 21.6 Å². The molecule has 0 spiro atoms. The molecule has 54 valence electrons. The van der Waals surface area contributed by atoms with E-state index in [1.165, 1.54) is 17.3 Å². The van der Waals surface area contributed by atoms with Gasteiger partial charge in [0, 0.05) is 22.0 Å². The van der Waals surface area contributed by atoms with Crippen LogP contribution in [0.25, 0.3) is 0 Å². The molecule has 0 saturated carbocycles. The average Bonchev–Trinajstić information content (AvgIpc) is 1.92. The molecule has 0 aromatic rings. The SMILES string of the molecule is CC1(C)CSCCSS1. The summed E-state index contributed by atoms with van der Waals surface area (Å²) in [5.74, 6) is 3.96. The van der Waals surface area contributed by atoms with Crippen LogP contribution < -0.4 is 0 Å². The molecular weight excluding hydrogens is 168 g/mol. The Hall–Kier alpha value is 1.05. The Bertz CT molecular complexity index is 80.3. The summed E-state index contributed by atoms with van der Waals surface area (Å²) in [6.07, 6.45) is 0. The fourth-order valence-electron chi connectivity index (χ4n) is 0.636. The molecule has 0 unspecified atom stereocenters. The highest BCUT2D eigenvalue weighted by Crippen LogP contribution is 2.40. The van der Waals surface area contributed by atoms with Gasteiger partial charge in [0.05, 0.1) is 0 Å². The predicted molar refractivity (Wildman–Crippen MR) is 51.5 cm³/mol. The topological polar surface area (TPSA) is 0 Å². The van der Waals surface area contributed by atoms with Crippen LogP contribution in [0.2, 0.25) is 0 Å². The minimum Gasteiger partial charge on any atom is -0.160 e. The highest BCUT2D eigenvalue weighted by atomic mass is 33.1. The largest absolute Gasteiger partial charge is 0.160 e. The highest BCUT2D eigenvalue weighted by Gasteiger charge is 2.20. The van der Waals surface area contributed by atoms with Crippen LogP contribution in [0.5, 0.6) is 0 Å². The van der Waals surface area contributed by atoms with Crippen molar-refractivity contribution in [1.82, 2.24) is 0 Å². The minimum absolute atomic E-state index is 0.506. The van der Waals surface area contributed by atoms with Gasteiger partial charge >= 0.3 is 0 Å². The van der Waals surface area contributed by atoms with E-state index in [0.29, 0.717) is 4.75 Å². The van der Waals surface area contributed by atoms with Crippen LogP contribution in [-0.4, -0.2) is 22.0 Å². The Morgan fingerprint density at radius 3 is 2.78 bits per heavy atom. The van der Waals surface area contributed by atoms with Crippen molar-refractivity contribution in [3.05, 3.63) is 0 Å². The Kier molecular flexibility index (Phi) is 3.12. The van der Waals surface area contributed by atoms with E-state index in [1.54, 1.807) is 0 Å². The maximum atomic E-state index is 2.32. The van der Waals surface area contributed by atoms with E-state index in [9.17, 15) is 0 Å². The molecular formula is C6H12S3. The lowest BCUT2D eigenvalue weighted by atomic mass is 10.2. The van der Waals surface area contributed by atoms with Crippen molar-refractivity contribution in [2.75, 3.05) is 17.3 Å². The van der Waals surface area contributed by atoms with Crippen LogP contribution in [-0.2, 0) is 0 Å². The predicted octanol–water partition coefficient (Wildman–Crippen LogP) is 2.89. The number of hydrogen-bond donors (Lipinski definition) is 0. The van der Waals surface area contributed by atoms with Crippen LogP contribution in [0.15, 0.2) is 0 Å². The molecule has 0 aliphatic carbocycles. The molecule has 0 bridgehead atoms. The van der Waals surface area contributed by atoms with Gasteiger partial charge in [0.1, 0.15) is 0 Å². The molecule has 0 N–H and O–H groups in total. The van der Waals surface area contributed by atoms with Crippen molar-refractivity contribution in [3.8, 4) is 0 Å². The van der Waals surface area contributed by atoms with Crippen LogP contribution in [0.1, 0.15) is 13.8 Å². The van der Waals surface area contributed by atoms with Crippen LogP contribution >= 0.6 is 33.3 Å². The molecule has 0 amide bonds. The summed E-state index contributed by atoms with van der Waals surface area (Å²) in [5, 5.41) is 0. The smallest absolute Gasteiger partial charge is 0.0297 e. The van der Waals surface area contributed by atoms with E-state index in [1.807, 2.05) is 21.6 Å². The zero-order valence-electron chi connectivity index (χ0n) is 5.85. The molecule has 0 nitrogen and oxygen atoms in total. The van der Waals surface area contributed by atoms with Crippen molar-refractivity contribution >= 4 is 33.3 Å². The lowest BCUT2D eigenvalue weighted by Gasteiger charge is -2.18. The Balaban J connectivity index is 2.36. The highest BCUT2D eigenvalue weighted by molar-refractivity contribution is 8.77. The van der Waals surface area contributed by atoms with E-state index in [-0.39, 0.29) is 0 Å². The number of rotatable bonds is 0. The Morgan fingerprint density at radius 2 is 2.00 bits per heavy atom. The second kappa shape index (κ2) is 3.44. The van der Waals surface area contributed by atoms with Gasteiger partial charge in [0.2, 0.25) is 0 Å². The molecule has 0 radical (unpaired) electrons. The first kappa shape index (κ1) is 8.15. The first-order valence-corrected chi connectivity index (χ1v) is 6.56. The van der Waals surface area contributed by atoms with Gasteiger partial charge in [0.15, 0.2) is 0 Å². The molecule has 1 heterocycles. The van der Waals surface area contributed by atoms with Crippen LogP contribution in [0.3, 0.4) is 0 Å². The van der Waals surface area contributed by atoms with Gasteiger partial charge in [-0.15, -0.1) is 0 Å². The van der Waals surface area contributed by atoms with Crippen molar-refractivity contribution in [2.45, 2.75) is 18.6 Å². The molecule has 1 rings (SSSR count). The molecule has 0 atom stereocenters. The van der Waals surface area contributed by atoms with Gasteiger partial charge in [-0.25, -0.2) is 0 Å². The maximum absolute atomic E-state index is 2.32. The third-order valence-electron chi connectivity index (χ3n) is 1.05. The minimum atomic E-state index is 0.506. The van der Waals surface area contributed by atoms with E-state index in [2.05, 4.69) is 25.6 Å². The van der Waals surface area contributed by atoms with Gasteiger partial charge < -0.3 is 0 Å². The summed E-state index contributed by atoms with van der Waals surface area (Å²) in [7, 11) is 4.06. The molecule has 3 heteroatoms. The number of hydrogen-bond acceptors (Lipinski definition) is 3.